The number of fused-ring (bicyclic) bond motifs is 1. The molecule has 3 amide bonds. The van der Waals surface area contributed by atoms with Crippen LogP contribution in [0.5, 0.6) is 11.5 Å². The summed E-state index contributed by atoms with van der Waals surface area (Å²) < 4.78 is 10.9. The van der Waals surface area contributed by atoms with Gasteiger partial charge >= 0.3 is 6.03 Å². The van der Waals surface area contributed by atoms with Crippen molar-refractivity contribution in [3.05, 3.63) is 57.1 Å². The molecule has 14 heteroatoms. The van der Waals surface area contributed by atoms with Crippen LogP contribution in [0.25, 0.3) is 0 Å². The lowest BCUT2D eigenvalue weighted by atomic mass is 9.71. The van der Waals surface area contributed by atoms with E-state index in [-0.39, 0.29) is 52.8 Å². The maximum Gasteiger partial charge on any atom is 0.330 e. The normalized spacial score (nSPS) is 21.6. The molecule has 1 unspecified atom stereocenters. The van der Waals surface area contributed by atoms with Crippen LogP contribution in [0, 0.1) is 11.8 Å². The van der Waals surface area contributed by atoms with E-state index in [0.717, 1.165) is 24.3 Å². The zero-order valence-electron chi connectivity index (χ0n) is 26.5. The van der Waals surface area contributed by atoms with Crippen molar-refractivity contribution in [2.75, 3.05) is 29.3 Å². The van der Waals surface area contributed by atoms with Crippen molar-refractivity contribution >= 4 is 63.9 Å². The third-order valence-corrected chi connectivity index (χ3v) is 11.0. The first kappa shape index (κ1) is 33.3. The van der Waals surface area contributed by atoms with E-state index in [1.807, 2.05) is 5.38 Å². The van der Waals surface area contributed by atoms with Crippen LogP contribution in [0.15, 0.2) is 36.5 Å². The number of thiazole rings is 1. The van der Waals surface area contributed by atoms with Crippen LogP contribution in [0.3, 0.4) is 0 Å². The Morgan fingerprint density at radius 1 is 1.06 bits per heavy atom. The molecule has 0 saturated heterocycles. The van der Waals surface area contributed by atoms with E-state index in [1.54, 1.807) is 23.4 Å². The lowest BCUT2D eigenvalue weighted by molar-refractivity contribution is -0.117. The van der Waals surface area contributed by atoms with Gasteiger partial charge in [0.25, 0.3) is 0 Å². The largest absolute Gasteiger partial charge is 0.495 e. The number of hydrogen-bond donors (Lipinski definition) is 2. The number of halogens is 2. The Kier molecular flexibility index (Phi) is 10.4. The second-order valence-corrected chi connectivity index (χ2v) is 14.0. The minimum absolute atomic E-state index is 0.0808. The Balaban J connectivity index is 1.34. The number of hydrogen-bond acceptors (Lipinski definition) is 9. The molecule has 2 fully saturated rings. The summed E-state index contributed by atoms with van der Waals surface area (Å²) in [5.41, 5.74) is 0.962. The molecule has 3 aromatic rings. The van der Waals surface area contributed by atoms with Crippen molar-refractivity contribution in [1.82, 2.24) is 20.3 Å². The highest BCUT2D eigenvalue weighted by Gasteiger charge is 2.39. The van der Waals surface area contributed by atoms with E-state index < -0.39 is 0 Å². The Morgan fingerprint density at radius 3 is 2.47 bits per heavy atom. The van der Waals surface area contributed by atoms with E-state index in [0.29, 0.717) is 40.7 Å². The molecule has 1 aromatic carbocycles. The lowest BCUT2D eigenvalue weighted by Crippen LogP contribution is -2.51. The average molecular weight is 701 g/mol. The van der Waals surface area contributed by atoms with Crippen LogP contribution in [0.4, 0.5) is 22.2 Å². The summed E-state index contributed by atoms with van der Waals surface area (Å²) in [6, 6.07) is 1.01. The zero-order valence-corrected chi connectivity index (χ0v) is 28.8. The number of methoxy groups -OCH3 is 2. The van der Waals surface area contributed by atoms with E-state index >= 15 is 0 Å². The summed E-state index contributed by atoms with van der Waals surface area (Å²) in [5, 5.41) is 9.63. The second-order valence-electron chi connectivity index (χ2n) is 12.2. The van der Waals surface area contributed by atoms with Crippen molar-refractivity contribution in [3.63, 3.8) is 0 Å². The van der Waals surface area contributed by atoms with Crippen LogP contribution < -0.4 is 29.9 Å². The van der Waals surface area contributed by atoms with Gasteiger partial charge in [-0.15, -0.1) is 11.3 Å². The fourth-order valence-corrected chi connectivity index (χ4v) is 8.47. The molecular formula is C33H39Cl2N7O4S. The fraction of sp³-hybridized carbons (Fsp3) is 0.485. The quantitative estimate of drug-likeness (QED) is 0.213. The van der Waals surface area contributed by atoms with Crippen LogP contribution in [0.1, 0.15) is 61.9 Å². The first-order valence-electron chi connectivity index (χ1n) is 15.9. The molecule has 2 N–H and O–H groups in total. The van der Waals surface area contributed by atoms with Gasteiger partial charge in [0.2, 0.25) is 11.9 Å². The lowest BCUT2D eigenvalue weighted by Gasteiger charge is -2.41. The molecule has 3 atom stereocenters. The maximum atomic E-state index is 14.3. The highest BCUT2D eigenvalue weighted by molar-refractivity contribution is 7.09. The highest BCUT2D eigenvalue weighted by Crippen LogP contribution is 2.48. The van der Waals surface area contributed by atoms with Gasteiger partial charge in [-0.3, -0.25) is 14.6 Å². The van der Waals surface area contributed by atoms with Gasteiger partial charge in [-0.2, -0.15) is 4.98 Å². The predicted molar refractivity (Wildman–Crippen MR) is 185 cm³/mol. The average Bonchev–Trinajstić information content (AvgIpc) is 3.61. The second kappa shape index (κ2) is 14.7. The molecule has 3 aliphatic rings. The number of carbonyl (C=O) groups is 2. The maximum absolute atomic E-state index is 14.3. The van der Waals surface area contributed by atoms with E-state index in [1.165, 1.54) is 68.6 Å². The summed E-state index contributed by atoms with van der Waals surface area (Å²) in [6.07, 6.45) is 13.9. The van der Waals surface area contributed by atoms with Crippen molar-refractivity contribution < 1.29 is 19.1 Å². The van der Waals surface area contributed by atoms with Gasteiger partial charge in [0.15, 0.2) is 0 Å². The van der Waals surface area contributed by atoms with Gasteiger partial charge in [-0.05, 0) is 37.2 Å². The molecule has 11 nitrogen and oxygen atoms in total. The summed E-state index contributed by atoms with van der Waals surface area (Å²) in [6.45, 7) is 3.94. The molecule has 250 valence electrons. The first-order chi connectivity index (χ1) is 22.8. The highest BCUT2D eigenvalue weighted by atomic mass is 35.5. The molecular weight excluding hydrogens is 661 g/mol. The number of aromatic nitrogens is 3. The Bertz CT molecular complexity index is 1590. The molecule has 2 aliphatic carbocycles. The van der Waals surface area contributed by atoms with Gasteiger partial charge in [-0.1, -0.05) is 61.9 Å². The number of nitrogens with one attached hydrogen (secondary N) is 2. The van der Waals surface area contributed by atoms with Crippen molar-refractivity contribution in [2.24, 2.45) is 11.8 Å². The van der Waals surface area contributed by atoms with Gasteiger partial charge in [-0.25, -0.2) is 14.8 Å². The van der Waals surface area contributed by atoms with E-state index in [4.69, 9.17) is 42.6 Å². The number of rotatable bonds is 10. The minimum Gasteiger partial charge on any atom is -0.495 e. The SMILES string of the molecule is C=CC(=O)N[C@@H]1CCC(C2CCCCC2)C[C@@H]1Nc1ncc2c(n1)N(Cc1nccs1)C(=O)N(c1c(Cl)c(OC)cc(OC)c1Cl)C2. The summed E-state index contributed by atoms with van der Waals surface area (Å²) in [4.78, 5) is 43.8. The van der Waals surface area contributed by atoms with Crippen LogP contribution >= 0.6 is 34.5 Å². The van der Waals surface area contributed by atoms with Crippen molar-refractivity contribution in [2.45, 2.75) is 76.5 Å². The number of ether oxygens (including phenoxy) is 2. The molecule has 0 spiro atoms. The van der Waals surface area contributed by atoms with Crippen LogP contribution in [-0.2, 0) is 17.9 Å². The van der Waals surface area contributed by atoms with Crippen molar-refractivity contribution in [3.8, 4) is 11.5 Å². The summed E-state index contributed by atoms with van der Waals surface area (Å²) in [7, 11) is 2.97. The monoisotopic (exact) mass is 699 g/mol. The Morgan fingerprint density at radius 2 is 1.81 bits per heavy atom. The molecule has 1 aliphatic heterocycles. The number of amides is 3. The van der Waals surface area contributed by atoms with E-state index in [9.17, 15) is 9.59 Å². The number of benzene rings is 1. The summed E-state index contributed by atoms with van der Waals surface area (Å²) >= 11 is 15.0. The molecule has 6 rings (SSSR count). The standard InChI is InChI=1S/C33H39Cl2N7O4S/c1-4-26(43)38-22-11-10-20(19-8-6-5-7-9-19)14-23(22)39-32-37-16-21-17-41(30-28(34)24(45-2)15-25(46-3)29(30)35)33(44)42(31(21)40-32)18-27-36-12-13-47-27/h4,12-13,15-16,19-20,22-23H,1,5-11,14,17-18H2,2-3H3,(H,38,43)(H,37,39,40)/t20?,22-,23+/m1/s1. The molecule has 2 saturated carbocycles. The molecule has 0 radical (unpaired) electrons. The third kappa shape index (κ3) is 7.00. The molecule has 0 bridgehead atoms. The molecule has 2 aromatic heterocycles. The number of anilines is 3. The Labute approximate surface area is 288 Å². The number of nitrogens with zero attached hydrogens (tertiary/aromatic N) is 5. The summed E-state index contributed by atoms with van der Waals surface area (Å²) in [5.74, 6) is 2.55. The number of urea groups is 1. The smallest absolute Gasteiger partial charge is 0.330 e. The van der Waals surface area contributed by atoms with Gasteiger partial charge in [0, 0.05) is 41.5 Å². The zero-order chi connectivity index (χ0) is 33.1. The van der Waals surface area contributed by atoms with Gasteiger partial charge in [0.05, 0.1) is 33.0 Å². The van der Waals surface area contributed by atoms with Crippen LogP contribution in [-0.4, -0.2) is 53.2 Å². The van der Waals surface area contributed by atoms with E-state index in [2.05, 4.69) is 22.2 Å². The third-order valence-electron chi connectivity index (χ3n) is 9.52. The Hall–Kier alpha value is -3.61. The van der Waals surface area contributed by atoms with Crippen LogP contribution in [0.2, 0.25) is 10.0 Å². The number of carbonyl (C=O) groups excluding carboxylic acids is 2. The van der Waals surface area contributed by atoms with Gasteiger partial charge < -0.3 is 20.1 Å². The minimum atomic E-state index is -0.386. The first-order valence-corrected chi connectivity index (χ1v) is 17.6. The fourth-order valence-electron chi connectivity index (χ4n) is 7.16. The molecule has 47 heavy (non-hydrogen) atoms. The topological polar surface area (TPSA) is 122 Å². The van der Waals surface area contributed by atoms with Gasteiger partial charge in [0.1, 0.15) is 32.4 Å². The van der Waals surface area contributed by atoms with Crippen molar-refractivity contribution in [1.29, 1.82) is 0 Å². The molecule has 3 heterocycles. The predicted octanol–water partition coefficient (Wildman–Crippen LogP) is 7.24.